The van der Waals surface area contributed by atoms with E-state index in [2.05, 4.69) is 10.4 Å². The van der Waals surface area contributed by atoms with Crippen molar-refractivity contribution >= 4 is 11.6 Å². The number of hydrogen-bond donors (Lipinski definition) is 2. The average molecular weight is 360 g/mol. The molecule has 3 aromatic rings. The van der Waals surface area contributed by atoms with Gasteiger partial charge in [0.15, 0.2) is 0 Å². The summed E-state index contributed by atoms with van der Waals surface area (Å²) in [7, 11) is 0. The molecular formula is C19H19ClFN3O. The molecule has 0 spiro atoms. The van der Waals surface area contributed by atoms with Gasteiger partial charge in [0.25, 0.3) is 0 Å². The third-order valence-corrected chi connectivity index (χ3v) is 4.09. The maximum atomic E-state index is 13.2. The van der Waals surface area contributed by atoms with Gasteiger partial charge in [0.1, 0.15) is 5.82 Å². The van der Waals surface area contributed by atoms with Crippen LogP contribution in [0.2, 0.25) is 5.02 Å². The lowest BCUT2D eigenvalue weighted by Gasteiger charge is -2.07. The lowest BCUT2D eigenvalue weighted by Crippen LogP contribution is -2.23. The van der Waals surface area contributed by atoms with Crippen LogP contribution in [0.25, 0.3) is 16.9 Å². The highest BCUT2D eigenvalue weighted by Crippen LogP contribution is 2.30. The van der Waals surface area contributed by atoms with E-state index in [4.69, 9.17) is 11.6 Å². The van der Waals surface area contributed by atoms with Crippen LogP contribution < -0.4 is 5.32 Å². The van der Waals surface area contributed by atoms with E-state index in [1.54, 1.807) is 23.7 Å². The third kappa shape index (κ3) is 4.25. The summed E-state index contributed by atoms with van der Waals surface area (Å²) >= 11 is 6.33. The summed E-state index contributed by atoms with van der Waals surface area (Å²) in [6.45, 7) is 2.74. The molecule has 25 heavy (non-hydrogen) atoms. The Morgan fingerprint density at radius 3 is 2.60 bits per heavy atom. The Hall–Kier alpha value is -2.21. The van der Waals surface area contributed by atoms with Crippen LogP contribution in [0, 0.1) is 5.82 Å². The van der Waals surface area contributed by atoms with E-state index in [-0.39, 0.29) is 5.82 Å². The van der Waals surface area contributed by atoms with Gasteiger partial charge in [-0.3, -0.25) is 0 Å². The summed E-state index contributed by atoms with van der Waals surface area (Å²) in [5, 5.41) is 17.9. The van der Waals surface area contributed by atoms with Gasteiger partial charge in [-0.15, -0.1) is 0 Å². The Labute approximate surface area is 150 Å². The van der Waals surface area contributed by atoms with E-state index in [1.807, 2.05) is 30.5 Å². The van der Waals surface area contributed by atoms with Crippen molar-refractivity contribution < 1.29 is 9.50 Å². The van der Waals surface area contributed by atoms with Crippen molar-refractivity contribution in [2.24, 2.45) is 0 Å². The van der Waals surface area contributed by atoms with Crippen LogP contribution in [-0.2, 0) is 6.54 Å². The Morgan fingerprint density at radius 2 is 1.92 bits per heavy atom. The Balaban J connectivity index is 1.99. The lowest BCUT2D eigenvalue weighted by atomic mass is 10.1. The van der Waals surface area contributed by atoms with Gasteiger partial charge >= 0.3 is 0 Å². The Kier molecular flexibility index (Phi) is 5.48. The molecule has 0 saturated carbocycles. The molecule has 0 aliphatic carbocycles. The van der Waals surface area contributed by atoms with Crippen molar-refractivity contribution in [3.8, 4) is 16.9 Å². The van der Waals surface area contributed by atoms with E-state index >= 15 is 0 Å². The molecule has 0 radical (unpaired) electrons. The summed E-state index contributed by atoms with van der Waals surface area (Å²) < 4.78 is 14.9. The molecule has 4 nitrogen and oxygen atoms in total. The molecule has 1 heterocycles. The van der Waals surface area contributed by atoms with Crippen LogP contribution in [0.15, 0.2) is 54.7 Å². The highest BCUT2D eigenvalue weighted by atomic mass is 35.5. The summed E-state index contributed by atoms with van der Waals surface area (Å²) in [5.74, 6) is -0.291. The molecule has 0 fully saturated rings. The second-order valence-corrected chi connectivity index (χ2v) is 6.29. The zero-order chi connectivity index (χ0) is 17.8. The van der Waals surface area contributed by atoms with Gasteiger partial charge in [0.2, 0.25) is 0 Å². The number of benzene rings is 2. The molecule has 0 aliphatic heterocycles. The van der Waals surface area contributed by atoms with Crippen LogP contribution >= 0.6 is 11.6 Å². The molecule has 0 amide bonds. The second-order valence-electron chi connectivity index (χ2n) is 5.88. The molecule has 1 aromatic heterocycles. The number of aromatic nitrogens is 2. The van der Waals surface area contributed by atoms with Crippen molar-refractivity contribution in [2.75, 3.05) is 6.54 Å². The highest BCUT2D eigenvalue weighted by molar-refractivity contribution is 6.33. The smallest absolute Gasteiger partial charge is 0.123 e. The van der Waals surface area contributed by atoms with Crippen molar-refractivity contribution in [1.29, 1.82) is 0 Å². The fraction of sp³-hybridized carbons (Fsp3) is 0.211. The summed E-state index contributed by atoms with van der Waals surface area (Å²) in [6, 6.07) is 13.7. The quantitative estimate of drug-likeness (QED) is 0.703. The largest absolute Gasteiger partial charge is 0.392 e. The van der Waals surface area contributed by atoms with Crippen LogP contribution in [0.4, 0.5) is 4.39 Å². The van der Waals surface area contributed by atoms with Crippen LogP contribution in [0.5, 0.6) is 0 Å². The van der Waals surface area contributed by atoms with Crippen molar-refractivity contribution in [1.82, 2.24) is 15.1 Å². The maximum absolute atomic E-state index is 13.2. The molecule has 1 unspecified atom stereocenters. The molecule has 3 rings (SSSR count). The maximum Gasteiger partial charge on any atom is 0.123 e. The summed E-state index contributed by atoms with van der Waals surface area (Å²) in [4.78, 5) is 0. The van der Waals surface area contributed by atoms with Gasteiger partial charge in [0, 0.05) is 30.4 Å². The average Bonchev–Trinajstić information content (AvgIpc) is 2.99. The van der Waals surface area contributed by atoms with E-state index in [0.717, 1.165) is 22.5 Å². The van der Waals surface area contributed by atoms with E-state index in [9.17, 15) is 9.50 Å². The first-order chi connectivity index (χ1) is 12.0. The Morgan fingerprint density at radius 1 is 1.20 bits per heavy atom. The number of aliphatic hydroxyl groups excluding tert-OH is 1. The van der Waals surface area contributed by atoms with Crippen LogP contribution in [-0.4, -0.2) is 27.5 Å². The monoisotopic (exact) mass is 359 g/mol. The van der Waals surface area contributed by atoms with Gasteiger partial charge in [-0.05, 0) is 37.3 Å². The summed E-state index contributed by atoms with van der Waals surface area (Å²) in [5.41, 5.74) is 3.29. The predicted molar refractivity (Wildman–Crippen MR) is 97.4 cm³/mol. The Bertz CT molecular complexity index is 846. The van der Waals surface area contributed by atoms with E-state index < -0.39 is 6.10 Å². The van der Waals surface area contributed by atoms with Crippen molar-refractivity contribution in [3.05, 3.63) is 71.1 Å². The minimum Gasteiger partial charge on any atom is -0.392 e. The molecular weight excluding hydrogens is 341 g/mol. The van der Waals surface area contributed by atoms with Crippen molar-refractivity contribution in [2.45, 2.75) is 19.6 Å². The third-order valence-electron chi connectivity index (χ3n) is 3.77. The molecule has 0 bridgehead atoms. The number of nitrogens with one attached hydrogen (secondary N) is 1. The molecule has 0 saturated heterocycles. The number of halogens is 2. The summed E-state index contributed by atoms with van der Waals surface area (Å²) in [6.07, 6.45) is 1.46. The number of nitrogens with zero attached hydrogens (tertiary/aromatic N) is 2. The fourth-order valence-corrected chi connectivity index (χ4v) is 2.79. The van der Waals surface area contributed by atoms with E-state index in [1.165, 1.54) is 12.1 Å². The minimum atomic E-state index is -0.434. The fourth-order valence-electron chi connectivity index (χ4n) is 2.56. The molecule has 2 N–H and O–H groups in total. The first kappa shape index (κ1) is 17.6. The molecule has 1 atom stereocenters. The van der Waals surface area contributed by atoms with Gasteiger partial charge in [-0.1, -0.05) is 29.8 Å². The first-order valence-corrected chi connectivity index (χ1v) is 8.40. The van der Waals surface area contributed by atoms with Crippen LogP contribution in [0.1, 0.15) is 12.5 Å². The second kappa shape index (κ2) is 7.78. The first-order valence-electron chi connectivity index (χ1n) is 8.03. The van der Waals surface area contributed by atoms with Gasteiger partial charge in [-0.2, -0.15) is 5.10 Å². The predicted octanol–water partition coefficient (Wildman–Crippen LogP) is 3.80. The number of rotatable bonds is 6. The van der Waals surface area contributed by atoms with Gasteiger partial charge in [-0.25, -0.2) is 9.07 Å². The highest BCUT2D eigenvalue weighted by Gasteiger charge is 2.14. The zero-order valence-electron chi connectivity index (χ0n) is 13.8. The van der Waals surface area contributed by atoms with Crippen molar-refractivity contribution in [3.63, 3.8) is 0 Å². The van der Waals surface area contributed by atoms with E-state index in [0.29, 0.717) is 18.1 Å². The SMILES string of the molecule is CC(O)CNCc1cn(-c2ccc(F)cc2)nc1-c1ccccc1Cl. The molecule has 0 aliphatic rings. The van der Waals surface area contributed by atoms with Gasteiger partial charge < -0.3 is 10.4 Å². The zero-order valence-corrected chi connectivity index (χ0v) is 14.5. The minimum absolute atomic E-state index is 0.291. The number of hydrogen-bond acceptors (Lipinski definition) is 3. The van der Waals surface area contributed by atoms with Gasteiger partial charge in [0.05, 0.1) is 22.5 Å². The molecule has 130 valence electrons. The standard InChI is InChI=1S/C19H19ClFN3O/c1-13(25)10-22-11-14-12-24(16-8-6-15(21)7-9-16)23-19(14)17-4-2-3-5-18(17)20/h2-9,12-13,22,25H,10-11H2,1H3. The number of aliphatic hydroxyl groups is 1. The molecule has 6 heteroatoms. The topological polar surface area (TPSA) is 50.1 Å². The van der Waals surface area contributed by atoms with Crippen LogP contribution in [0.3, 0.4) is 0 Å². The molecule has 2 aromatic carbocycles. The normalized spacial score (nSPS) is 12.3. The lowest BCUT2D eigenvalue weighted by molar-refractivity contribution is 0.191.